The molecular formula is C16H13Cl2N3O2. The number of carbonyl (C=O) groups excluding carboxylic acids is 1. The quantitative estimate of drug-likeness (QED) is 0.744. The number of amides is 1. The molecule has 2 aromatic carbocycles. The highest BCUT2D eigenvalue weighted by Crippen LogP contribution is 2.31. The third-order valence-electron chi connectivity index (χ3n) is 3.35. The van der Waals surface area contributed by atoms with E-state index >= 15 is 0 Å². The van der Waals surface area contributed by atoms with Gasteiger partial charge in [-0.3, -0.25) is 9.89 Å². The van der Waals surface area contributed by atoms with Gasteiger partial charge >= 0.3 is 0 Å². The smallest absolute Gasteiger partial charge is 0.251 e. The van der Waals surface area contributed by atoms with Crippen LogP contribution in [0, 0.1) is 0 Å². The van der Waals surface area contributed by atoms with Gasteiger partial charge in [-0.25, -0.2) is 0 Å². The van der Waals surface area contributed by atoms with Crippen LogP contribution in [0.5, 0.6) is 0 Å². The van der Waals surface area contributed by atoms with Crippen molar-refractivity contribution in [2.45, 2.75) is 0 Å². The van der Waals surface area contributed by atoms with Crippen molar-refractivity contribution < 1.29 is 9.53 Å². The van der Waals surface area contributed by atoms with Gasteiger partial charge < -0.3 is 10.1 Å². The Morgan fingerprint density at radius 2 is 1.91 bits per heavy atom. The van der Waals surface area contributed by atoms with Crippen LogP contribution in [0.4, 0.5) is 5.82 Å². The first-order valence-corrected chi connectivity index (χ1v) is 7.56. The third kappa shape index (κ3) is 3.32. The second kappa shape index (κ2) is 6.58. The van der Waals surface area contributed by atoms with Gasteiger partial charge in [0.15, 0.2) is 5.82 Å². The highest BCUT2D eigenvalue weighted by molar-refractivity contribution is 6.42. The molecule has 0 spiro atoms. The lowest BCUT2D eigenvalue weighted by Gasteiger charge is -2.04. The van der Waals surface area contributed by atoms with E-state index in [0.29, 0.717) is 15.9 Å². The zero-order chi connectivity index (χ0) is 16.4. The van der Waals surface area contributed by atoms with Crippen molar-refractivity contribution in [1.29, 1.82) is 0 Å². The van der Waals surface area contributed by atoms with Crippen molar-refractivity contribution >= 4 is 45.8 Å². The first-order chi connectivity index (χ1) is 11.1. The summed E-state index contributed by atoms with van der Waals surface area (Å²) in [6.45, 7) is -0.0181. The predicted octanol–water partition coefficient (Wildman–Crippen LogP) is 4.12. The van der Waals surface area contributed by atoms with Crippen LogP contribution >= 0.6 is 23.2 Å². The Bertz CT molecular complexity index is 877. The van der Waals surface area contributed by atoms with Crippen molar-refractivity contribution in [3.8, 4) is 11.1 Å². The molecule has 1 heterocycles. The number of hydrogen-bond donors (Lipinski definition) is 2. The highest BCUT2D eigenvalue weighted by Gasteiger charge is 2.10. The molecule has 1 amide bonds. The number of hydrogen-bond acceptors (Lipinski definition) is 3. The van der Waals surface area contributed by atoms with E-state index in [1.807, 2.05) is 30.3 Å². The molecular weight excluding hydrogens is 337 g/mol. The van der Waals surface area contributed by atoms with Gasteiger partial charge in [0.1, 0.15) is 6.61 Å². The Kier molecular flexibility index (Phi) is 4.52. The molecule has 0 atom stereocenters. The number of aromatic amines is 1. The number of methoxy groups -OCH3 is 1. The molecule has 3 rings (SSSR count). The van der Waals surface area contributed by atoms with Crippen molar-refractivity contribution in [1.82, 2.24) is 10.2 Å². The van der Waals surface area contributed by atoms with Gasteiger partial charge in [0.05, 0.1) is 15.6 Å². The minimum atomic E-state index is -0.255. The van der Waals surface area contributed by atoms with Crippen LogP contribution in [0.3, 0.4) is 0 Å². The van der Waals surface area contributed by atoms with E-state index in [0.717, 1.165) is 22.0 Å². The molecule has 0 saturated carbocycles. The van der Waals surface area contributed by atoms with Crippen LogP contribution in [-0.2, 0) is 9.53 Å². The number of rotatable bonds is 4. The fourth-order valence-corrected chi connectivity index (χ4v) is 2.57. The Hall–Kier alpha value is -2.08. The van der Waals surface area contributed by atoms with Crippen LogP contribution in [0.2, 0.25) is 10.0 Å². The second-order valence-corrected chi connectivity index (χ2v) is 5.76. The second-order valence-electron chi connectivity index (χ2n) is 4.94. The Morgan fingerprint density at radius 3 is 2.65 bits per heavy atom. The van der Waals surface area contributed by atoms with E-state index < -0.39 is 0 Å². The van der Waals surface area contributed by atoms with E-state index in [1.165, 1.54) is 7.11 Å². The number of carbonyl (C=O) groups is 1. The number of benzene rings is 2. The van der Waals surface area contributed by atoms with Crippen LogP contribution in [0.15, 0.2) is 36.4 Å². The maximum absolute atomic E-state index is 11.6. The summed E-state index contributed by atoms with van der Waals surface area (Å²) in [5.41, 5.74) is 2.72. The zero-order valence-corrected chi connectivity index (χ0v) is 13.7. The first-order valence-electron chi connectivity index (χ1n) is 6.81. The number of halogens is 2. The van der Waals surface area contributed by atoms with Crippen molar-refractivity contribution in [2.75, 3.05) is 19.0 Å². The first kappa shape index (κ1) is 15.8. The molecule has 0 radical (unpaired) electrons. The molecule has 0 aliphatic carbocycles. The molecule has 0 bridgehead atoms. The molecule has 7 heteroatoms. The van der Waals surface area contributed by atoms with E-state index in [9.17, 15) is 4.79 Å². The van der Waals surface area contributed by atoms with Gasteiger partial charge in [0.25, 0.3) is 5.91 Å². The number of anilines is 1. The van der Waals surface area contributed by atoms with Gasteiger partial charge in [0, 0.05) is 12.5 Å². The van der Waals surface area contributed by atoms with Gasteiger partial charge in [-0.05, 0) is 35.4 Å². The highest BCUT2D eigenvalue weighted by atomic mass is 35.5. The summed E-state index contributed by atoms with van der Waals surface area (Å²) in [6, 6.07) is 11.2. The maximum atomic E-state index is 11.6. The monoisotopic (exact) mass is 349 g/mol. The zero-order valence-electron chi connectivity index (χ0n) is 12.2. The van der Waals surface area contributed by atoms with Crippen molar-refractivity contribution in [2.24, 2.45) is 0 Å². The van der Waals surface area contributed by atoms with Crippen molar-refractivity contribution in [3.63, 3.8) is 0 Å². The summed E-state index contributed by atoms with van der Waals surface area (Å²) in [4.78, 5) is 11.6. The van der Waals surface area contributed by atoms with E-state index in [-0.39, 0.29) is 12.5 Å². The summed E-state index contributed by atoms with van der Waals surface area (Å²) in [6.07, 6.45) is 0. The average Bonchev–Trinajstić information content (AvgIpc) is 2.92. The lowest BCUT2D eigenvalue weighted by Crippen LogP contribution is -2.17. The molecule has 0 aliphatic rings. The molecule has 118 valence electrons. The third-order valence-corrected chi connectivity index (χ3v) is 4.09. The molecule has 2 N–H and O–H groups in total. The Balaban J connectivity index is 1.94. The standard InChI is InChI=1S/C16H13Cl2N3O2/c1-23-8-15(22)19-16-11-4-2-10(7-14(11)20-21-16)9-3-5-12(17)13(18)6-9/h2-7H,8H2,1H3,(H2,19,20,21,22). The summed E-state index contributed by atoms with van der Waals surface area (Å²) in [5.74, 6) is 0.220. The van der Waals surface area contributed by atoms with E-state index in [2.05, 4.69) is 15.5 Å². The summed E-state index contributed by atoms with van der Waals surface area (Å²) in [5, 5.41) is 11.6. The fourth-order valence-electron chi connectivity index (χ4n) is 2.27. The number of H-pyrrole nitrogens is 1. The molecule has 0 saturated heterocycles. The average molecular weight is 350 g/mol. The largest absolute Gasteiger partial charge is 0.375 e. The normalized spacial score (nSPS) is 10.9. The molecule has 5 nitrogen and oxygen atoms in total. The fraction of sp³-hybridized carbons (Fsp3) is 0.125. The molecule has 0 fully saturated rings. The Morgan fingerprint density at radius 1 is 1.17 bits per heavy atom. The van der Waals surface area contributed by atoms with E-state index in [1.54, 1.807) is 6.07 Å². The Labute approximate surface area is 142 Å². The van der Waals surface area contributed by atoms with Gasteiger partial charge in [-0.2, -0.15) is 5.10 Å². The lowest BCUT2D eigenvalue weighted by molar-refractivity contribution is -0.119. The topological polar surface area (TPSA) is 67.0 Å². The molecule has 3 aromatic rings. The minimum Gasteiger partial charge on any atom is -0.375 e. The summed E-state index contributed by atoms with van der Waals surface area (Å²) < 4.78 is 4.79. The summed E-state index contributed by atoms with van der Waals surface area (Å²) >= 11 is 12.0. The van der Waals surface area contributed by atoms with Crippen LogP contribution in [0.1, 0.15) is 0 Å². The van der Waals surface area contributed by atoms with Crippen LogP contribution in [0.25, 0.3) is 22.0 Å². The van der Waals surface area contributed by atoms with Gasteiger partial charge in [-0.1, -0.05) is 35.3 Å². The molecule has 0 unspecified atom stereocenters. The number of fused-ring (bicyclic) bond motifs is 1. The van der Waals surface area contributed by atoms with Crippen molar-refractivity contribution in [3.05, 3.63) is 46.4 Å². The van der Waals surface area contributed by atoms with E-state index in [4.69, 9.17) is 27.9 Å². The molecule has 23 heavy (non-hydrogen) atoms. The molecule has 1 aromatic heterocycles. The number of nitrogens with zero attached hydrogens (tertiary/aromatic N) is 1. The van der Waals surface area contributed by atoms with Gasteiger partial charge in [0.2, 0.25) is 0 Å². The maximum Gasteiger partial charge on any atom is 0.251 e. The van der Waals surface area contributed by atoms with Crippen LogP contribution in [-0.4, -0.2) is 29.8 Å². The molecule has 0 aliphatic heterocycles. The number of ether oxygens (including phenoxy) is 1. The summed E-state index contributed by atoms with van der Waals surface area (Å²) in [7, 11) is 1.46. The lowest BCUT2D eigenvalue weighted by atomic mass is 10.0. The van der Waals surface area contributed by atoms with Gasteiger partial charge in [-0.15, -0.1) is 0 Å². The SMILES string of the molecule is COCC(=O)Nc1n[nH]c2cc(-c3ccc(Cl)c(Cl)c3)ccc12. The predicted molar refractivity (Wildman–Crippen MR) is 92.1 cm³/mol. The minimum absolute atomic E-state index is 0.0181. The van der Waals surface area contributed by atoms with Crippen LogP contribution < -0.4 is 5.32 Å². The number of aromatic nitrogens is 2. The number of nitrogens with one attached hydrogen (secondary N) is 2.